The molecule has 1 saturated heterocycles. The first-order valence-corrected chi connectivity index (χ1v) is 13.0. The summed E-state index contributed by atoms with van der Waals surface area (Å²) in [6, 6.07) is 18.6. The van der Waals surface area contributed by atoms with Crippen molar-refractivity contribution in [3.8, 4) is 0 Å². The van der Waals surface area contributed by atoms with Crippen LogP contribution in [0.1, 0.15) is 28.1 Å². The van der Waals surface area contributed by atoms with E-state index in [1.54, 1.807) is 41.3 Å². The minimum absolute atomic E-state index is 0.127. The van der Waals surface area contributed by atoms with Gasteiger partial charge in [0.15, 0.2) is 5.76 Å². The summed E-state index contributed by atoms with van der Waals surface area (Å²) in [6.07, 6.45) is 2.22. The first-order valence-electron chi connectivity index (χ1n) is 11.6. The van der Waals surface area contributed by atoms with E-state index in [2.05, 4.69) is 5.32 Å². The van der Waals surface area contributed by atoms with Crippen LogP contribution in [0.4, 0.5) is 0 Å². The van der Waals surface area contributed by atoms with Crippen molar-refractivity contribution in [2.75, 3.05) is 26.2 Å². The Hall–Kier alpha value is -3.43. The van der Waals surface area contributed by atoms with Gasteiger partial charge in [0.25, 0.3) is 5.91 Å². The van der Waals surface area contributed by atoms with Crippen molar-refractivity contribution in [2.24, 2.45) is 0 Å². The molecular weight excluding hydrogens is 466 g/mol. The minimum Gasteiger partial charge on any atom is -0.459 e. The summed E-state index contributed by atoms with van der Waals surface area (Å²) in [7, 11) is -3.66. The fourth-order valence-electron chi connectivity index (χ4n) is 4.12. The van der Waals surface area contributed by atoms with Crippen molar-refractivity contribution in [3.63, 3.8) is 0 Å². The molecule has 2 aromatic carbocycles. The second-order valence-electron chi connectivity index (χ2n) is 8.59. The zero-order valence-corrected chi connectivity index (χ0v) is 20.4. The summed E-state index contributed by atoms with van der Waals surface area (Å²) in [5, 5.41) is 2.80. The molecule has 4 rings (SSSR count). The van der Waals surface area contributed by atoms with E-state index in [0.29, 0.717) is 25.9 Å². The highest BCUT2D eigenvalue weighted by Gasteiger charge is 2.32. The van der Waals surface area contributed by atoms with Gasteiger partial charge in [0.05, 0.1) is 11.2 Å². The number of hydrogen-bond acceptors (Lipinski definition) is 5. The van der Waals surface area contributed by atoms with Crippen molar-refractivity contribution in [3.05, 3.63) is 89.9 Å². The van der Waals surface area contributed by atoms with Crippen LogP contribution in [0.15, 0.2) is 82.3 Å². The van der Waals surface area contributed by atoms with E-state index >= 15 is 0 Å². The van der Waals surface area contributed by atoms with E-state index in [1.165, 1.54) is 10.6 Å². The fourth-order valence-corrected chi connectivity index (χ4v) is 5.59. The van der Waals surface area contributed by atoms with E-state index in [-0.39, 0.29) is 29.7 Å². The highest BCUT2D eigenvalue weighted by Crippen LogP contribution is 2.19. The molecule has 1 N–H and O–H groups in total. The van der Waals surface area contributed by atoms with Crippen molar-refractivity contribution in [2.45, 2.75) is 30.7 Å². The average Bonchev–Trinajstić information content (AvgIpc) is 3.28. The number of nitrogens with one attached hydrogen (secondary N) is 1. The molecule has 1 aromatic heterocycles. The lowest BCUT2D eigenvalue weighted by Gasteiger charge is -2.27. The first-order chi connectivity index (χ1) is 16.8. The molecule has 0 saturated carbocycles. The van der Waals surface area contributed by atoms with Crippen LogP contribution in [0, 0.1) is 6.92 Å². The number of rotatable bonds is 7. The molecule has 2 amide bonds. The van der Waals surface area contributed by atoms with Gasteiger partial charge < -0.3 is 14.6 Å². The third-order valence-electron chi connectivity index (χ3n) is 6.06. The molecule has 0 radical (unpaired) electrons. The number of benzene rings is 2. The van der Waals surface area contributed by atoms with Crippen LogP contribution < -0.4 is 5.32 Å². The largest absolute Gasteiger partial charge is 0.459 e. The molecule has 1 fully saturated rings. The van der Waals surface area contributed by atoms with E-state index in [9.17, 15) is 18.0 Å². The monoisotopic (exact) mass is 495 g/mol. The molecule has 1 aliphatic heterocycles. The number of sulfonamides is 1. The Labute approximate surface area is 205 Å². The Balaban J connectivity index is 1.48. The molecule has 0 aliphatic carbocycles. The number of aryl methyl sites for hydroxylation is 1. The van der Waals surface area contributed by atoms with E-state index in [0.717, 1.165) is 11.1 Å². The van der Waals surface area contributed by atoms with Gasteiger partial charge in [-0.1, -0.05) is 48.0 Å². The van der Waals surface area contributed by atoms with Gasteiger partial charge in [-0.25, -0.2) is 8.42 Å². The summed E-state index contributed by atoms with van der Waals surface area (Å²) in [5.41, 5.74) is 1.89. The summed E-state index contributed by atoms with van der Waals surface area (Å²) in [4.78, 5) is 28.1. The molecule has 3 aromatic rings. The van der Waals surface area contributed by atoms with Crippen LogP contribution in [0.25, 0.3) is 0 Å². The molecule has 1 aliphatic rings. The van der Waals surface area contributed by atoms with Gasteiger partial charge in [0.2, 0.25) is 15.9 Å². The Morgan fingerprint density at radius 1 is 0.943 bits per heavy atom. The van der Waals surface area contributed by atoms with Crippen LogP contribution in [-0.2, 0) is 21.2 Å². The topological polar surface area (TPSA) is 99.9 Å². The van der Waals surface area contributed by atoms with Gasteiger partial charge in [0, 0.05) is 32.6 Å². The van der Waals surface area contributed by atoms with E-state index in [1.807, 2.05) is 37.3 Å². The van der Waals surface area contributed by atoms with Gasteiger partial charge in [-0.2, -0.15) is 4.31 Å². The highest BCUT2D eigenvalue weighted by molar-refractivity contribution is 7.89. The predicted octanol–water partition coefficient (Wildman–Crippen LogP) is 2.85. The normalized spacial score (nSPS) is 15.9. The Bertz CT molecular complexity index is 1240. The maximum absolute atomic E-state index is 13.5. The smallest absolute Gasteiger partial charge is 0.287 e. The van der Waals surface area contributed by atoms with Crippen LogP contribution in [-0.4, -0.2) is 61.7 Å². The van der Waals surface area contributed by atoms with Gasteiger partial charge in [-0.3, -0.25) is 9.59 Å². The fraction of sp³-hybridized carbons (Fsp3) is 0.308. The van der Waals surface area contributed by atoms with E-state index in [4.69, 9.17) is 4.42 Å². The maximum atomic E-state index is 13.5. The average molecular weight is 496 g/mol. The molecule has 1 atom stereocenters. The second kappa shape index (κ2) is 10.9. The molecule has 184 valence electrons. The Morgan fingerprint density at radius 3 is 2.37 bits per heavy atom. The third kappa shape index (κ3) is 5.98. The Morgan fingerprint density at radius 2 is 1.69 bits per heavy atom. The minimum atomic E-state index is -3.66. The molecule has 0 bridgehead atoms. The molecule has 35 heavy (non-hydrogen) atoms. The van der Waals surface area contributed by atoms with Gasteiger partial charge in [-0.05, 0) is 43.2 Å². The number of furan rings is 1. The second-order valence-corrected chi connectivity index (χ2v) is 10.5. The van der Waals surface area contributed by atoms with Crippen LogP contribution in [0.5, 0.6) is 0 Å². The summed E-state index contributed by atoms with van der Waals surface area (Å²) in [6.45, 7) is 3.06. The maximum Gasteiger partial charge on any atom is 0.287 e. The lowest BCUT2D eigenvalue weighted by molar-refractivity contribution is -0.133. The summed E-state index contributed by atoms with van der Waals surface area (Å²) < 4.78 is 32.9. The molecule has 1 unspecified atom stereocenters. The molecule has 8 nitrogen and oxygen atoms in total. The van der Waals surface area contributed by atoms with E-state index < -0.39 is 22.0 Å². The number of nitrogens with zero attached hydrogens (tertiary/aromatic N) is 2. The van der Waals surface area contributed by atoms with Crippen molar-refractivity contribution in [1.29, 1.82) is 0 Å². The van der Waals surface area contributed by atoms with Crippen LogP contribution in [0.2, 0.25) is 0 Å². The predicted molar refractivity (Wildman–Crippen MR) is 131 cm³/mol. The quantitative estimate of drug-likeness (QED) is 0.543. The lowest BCUT2D eigenvalue weighted by Crippen LogP contribution is -2.50. The zero-order chi connectivity index (χ0) is 24.8. The van der Waals surface area contributed by atoms with Gasteiger partial charge in [-0.15, -0.1) is 0 Å². The third-order valence-corrected chi connectivity index (χ3v) is 7.97. The molecule has 0 spiro atoms. The number of carbonyl (C=O) groups is 2. The van der Waals surface area contributed by atoms with Crippen LogP contribution >= 0.6 is 0 Å². The summed E-state index contributed by atoms with van der Waals surface area (Å²) in [5.74, 6) is -0.590. The number of hydrogen-bond donors (Lipinski definition) is 1. The SMILES string of the molecule is Cc1ccc(S(=O)(=O)N2CCCN(C(=O)C(Cc3ccccc3)NC(=O)c3ccco3)CC2)cc1. The summed E-state index contributed by atoms with van der Waals surface area (Å²) >= 11 is 0. The molecule has 9 heteroatoms. The van der Waals surface area contributed by atoms with Crippen molar-refractivity contribution < 1.29 is 22.4 Å². The first kappa shape index (κ1) is 24.7. The van der Waals surface area contributed by atoms with Gasteiger partial charge in [0.1, 0.15) is 6.04 Å². The number of amides is 2. The van der Waals surface area contributed by atoms with Crippen molar-refractivity contribution >= 4 is 21.8 Å². The Kier molecular flexibility index (Phi) is 7.67. The lowest BCUT2D eigenvalue weighted by atomic mass is 10.0. The zero-order valence-electron chi connectivity index (χ0n) is 19.6. The van der Waals surface area contributed by atoms with Crippen molar-refractivity contribution in [1.82, 2.24) is 14.5 Å². The standard InChI is InChI=1S/C26H29N3O5S/c1-20-10-12-22(13-11-20)35(32,33)29-15-6-14-28(16-17-29)26(31)23(19-21-7-3-2-4-8-21)27-25(30)24-9-5-18-34-24/h2-5,7-13,18,23H,6,14-17,19H2,1H3,(H,27,30). The number of carbonyl (C=O) groups excluding carboxylic acids is 2. The highest BCUT2D eigenvalue weighted by atomic mass is 32.2. The molecular formula is C26H29N3O5S. The van der Waals surface area contributed by atoms with Crippen LogP contribution in [0.3, 0.4) is 0 Å². The molecule has 2 heterocycles. The van der Waals surface area contributed by atoms with Gasteiger partial charge >= 0.3 is 0 Å².